The van der Waals surface area contributed by atoms with Gasteiger partial charge in [-0.3, -0.25) is 19.7 Å². The van der Waals surface area contributed by atoms with E-state index in [0.717, 1.165) is 10.0 Å². The lowest BCUT2D eigenvalue weighted by Gasteiger charge is -2.23. The van der Waals surface area contributed by atoms with Gasteiger partial charge in [0.1, 0.15) is 6.04 Å². The third kappa shape index (κ3) is 4.86. The van der Waals surface area contributed by atoms with Gasteiger partial charge in [-0.1, -0.05) is 28.1 Å². The van der Waals surface area contributed by atoms with E-state index in [9.17, 15) is 19.7 Å². The van der Waals surface area contributed by atoms with Gasteiger partial charge in [0.05, 0.1) is 10.6 Å². The van der Waals surface area contributed by atoms with Gasteiger partial charge in [-0.15, -0.1) is 0 Å². The molecule has 1 N–H and O–H groups in total. The molecule has 0 aliphatic carbocycles. The van der Waals surface area contributed by atoms with E-state index in [1.54, 1.807) is 6.92 Å². The number of rotatable bonds is 5. The number of non-ortho nitro benzene ring substituents is 1. The zero-order chi connectivity index (χ0) is 21.0. The largest absolute Gasteiger partial charge is 0.327 e. The van der Waals surface area contributed by atoms with Crippen LogP contribution in [-0.2, 0) is 4.79 Å². The highest BCUT2D eigenvalue weighted by Gasteiger charge is 2.34. The van der Waals surface area contributed by atoms with E-state index in [1.165, 1.54) is 29.2 Å². The smallest absolute Gasteiger partial charge is 0.269 e. The first-order chi connectivity index (χ1) is 13.9. The summed E-state index contributed by atoms with van der Waals surface area (Å²) in [5.74, 6) is -0.680. The van der Waals surface area contributed by atoms with Crippen molar-refractivity contribution in [1.29, 1.82) is 0 Å². The molecule has 1 aliphatic rings. The Kier molecular flexibility index (Phi) is 6.38. The predicted molar refractivity (Wildman–Crippen MR) is 112 cm³/mol. The molecule has 0 saturated carbocycles. The minimum Gasteiger partial charge on any atom is -0.327 e. The van der Waals surface area contributed by atoms with Gasteiger partial charge in [0, 0.05) is 28.7 Å². The number of amides is 2. The van der Waals surface area contributed by atoms with Crippen LogP contribution in [0.4, 0.5) is 5.69 Å². The first-order valence-electron chi connectivity index (χ1n) is 9.02. The first kappa shape index (κ1) is 20.7. The van der Waals surface area contributed by atoms with Crippen LogP contribution in [0.3, 0.4) is 0 Å². The fourth-order valence-electron chi connectivity index (χ4n) is 3.14. The highest BCUT2D eigenvalue weighted by molar-refractivity contribution is 9.10. The molecule has 9 heteroatoms. The molecular formula is C20H19BrN4O4. The average Bonchev–Trinajstić information content (AvgIpc) is 3.21. The number of nitro benzene ring substituents is 1. The Hall–Kier alpha value is -3.07. The van der Waals surface area contributed by atoms with Crippen LogP contribution in [0, 0.1) is 10.1 Å². The number of hydrazone groups is 1. The molecule has 1 fully saturated rings. The zero-order valence-electron chi connectivity index (χ0n) is 15.7. The van der Waals surface area contributed by atoms with E-state index in [0.29, 0.717) is 30.7 Å². The number of hydrogen-bond donors (Lipinski definition) is 1. The second-order valence-electron chi connectivity index (χ2n) is 6.64. The maximum absolute atomic E-state index is 12.8. The van der Waals surface area contributed by atoms with Crippen LogP contribution in [0.15, 0.2) is 58.1 Å². The molecule has 2 amide bonds. The highest BCUT2D eigenvalue weighted by Crippen LogP contribution is 2.22. The molecular weight excluding hydrogens is 440 g/mol. The predicted octanol–water partition coefficient (Wildman–Crippen LogP) is 3.50. The summed E-state index contributed by atoms with van der Waals surface area (Å²) >= 11 is 3.37. The maximum Gasteiger partial charge on any atom is 0.269 e. The molecule has 2 aromatic carbocycles. The fourth-order valence-corrected chi connectivity index (χ4v) is 3.41. The van der Waals surface area contributed by atoms with Gasteiger partial charge < -0.3 is 4.90 Å². The van der Waals surface area contributed by atoms with Gasteiger partial charge in [0.2, 0.25) is 0 Å². The average molecular weight is 459 g/mol. The van der Waals surface area contributed by atoms with Crippen molar-refractivity contribution >= 4 is 39.1 Å². The summed E-state index contributed by atoms with van der Waals surface area (Å²) in [6.07, 6.45) is 1.24. The lowest BCUT2D eigenvalue weighted by atomic mass is 10.1. The molecule has 8 nitrogen and oxygen atoms in total. The van der Waals surface area contributed by atoms with Gasteiger partial charge in [0.25, 0.3) is 17.5 Å². The number of likely N-dealkylation sites (tertiary alicyclic amines) is 1. The Morgan fingerprint density at radius 1 is 1.14 bits per heavy atom. The summed E-state index contributed by atoms with van der Waals surface area (Å²) in [6, 6.07) is 12.3. The number of carbonyl (C=O) groups excluding carboxylic acids is 2. The van der Waals surface area contributed by atoms with E-state index >= 15 is 0 Å². The van der Waals surface area contributed by atoms with Crippen molar-refractivity contribution in [2.45, 2.75) is 25.8 Å². The Morgan fingerprint density at radius 2 is 1.76 bits per heavy atom. The van der Waals surface area contributed by atoms with E-state index in [2.05, 4.69) is 26.5 Å². The molecule has 0 bridgehead atoms. The van der Waals surface area contributed by atoms with Gasteiger partial charge in [0.15, 0.2) is 0 Å². The monoisotopic (exact) mass is 458 g/mol. The number of halogens is 1. The van der Waals surface area contributed by atoms with Crippen LogP contribution < -0.4 is 5.43 Å². The molecule has 3 rings (SSSR count). The van der Waals surface area contributed by atoms with Crippen LogP contribution in [0.2, 0.25) is 0 Å². The van der Waals surface area contributed by atoms with E-state index in [1.807, 2.05) is 24.3 Å². The van der Waals surface area contributed by atoms with Crippen molar-refractivity contribution in [3.63, 3.8) is 0 Å². The number of nitrogens with zero attached hydrogens (tertiary/aromatic N) is 3. The molecule has 0 aromatic heterocycles. The minimum atomic E-state index is -0.626. The number of hydrogen-bond acceptors (Lipinski definition) is 5. The van der Waals surface area contributed by atoms with Crippen LogP contribution in [0.5, 0.6) is 0 Å². The van der Waals surface area contributed by atoms with Crippen molar-refractivity contribution in [1.82, 2.24) is 10.3 Å². The Bertz CT molecular complexity index is 957. The van der Waals surface area contributed by atoms with Crippen molar-refractivity contribution in [3.8, 4) is 0 Å². The second-order valence-corrected chi connectivity index (χ2v) is 7.56. The lowest BCUT2D eigenvalue weighted by Crippen LogP contribution is -2.44. The summed E-state index contributed by atoms with van der Waals surface area (Å²) in [6.45, 7) is 2.24. The first-order valence-corrected chi connectivity index (χ1v) is 9.81. The Labute approximate surface area is 175 Å². The van der Waals surface area contributed by atoms with Crippen molar-refractivity contribution in [2.75, 3.05) is 6.54 Å². The van der Waals surface area contributed by atoms with Crippen LogP contribution in [0.1, 0.15) is 35.7 Å². The van der Waals surface area contributed by atoms with Crippen LogP contribution >= 0.6 is 15.9 Å². The van der Waals surface area contributed by atoms with Crippen LogP contribution in [-0.4, -0.2) is 39.9 Å². The van der Waals surface area contributed by atoms with Crippen molar-refractivity contribution in [3.05, 3.63) is 74.2 Å². The molecule has 29 heavy (non-hydrogen) atoms. The van der Waals surface area contributed by atoms with Crippen molar-refractivity contribution < 1.29 is 14.5 Å². The van der Waals surface area contributed by atoms with Gasteiger partial charge >= 0.3 is 0 Å². The molecule has 150 valence electrons. The molecule has 0 spiro atoms. The lowest BCUT2D eigenvalue weighted by molar-refractivity contribution is -0.384. The molecule has 1 atom stereocenters. The molecule has 1 saturated heterocycles. The standard InChI is InChI=1S/C20H19BrN4O4/c1-13(14-4-8-16(21)9-5-14)22-23-19(26)18-3-2-12-24(18)20(27)15-6-10-17(11-7-15)25(28)29/h4-11,18H,2-3,12H2,1H3,(H,23,26)/t18-/m1/s1. The third-order valence-corrected chi connectivity index (χ3v) is 5.27. The van der Waals surface area contributed by atoms with E-state index in [-0.39, 0.29) is 17.5 Å². The summed E-state index contributed by atoms with van der Waals surface area (Å²) in [4.78, 5) is 37.1. The van der Waals surface area contributed by atoms with E-state index < -0.39 is 11.0 Å². The summed E-state index contributed by atoms with van der Waals surface area (Å²) in [7, 11) is 0. The Balaban J connectivity index is 1.68. The number of nitro groups is 1. The topological polar surface area (TPSA) is 105 Å². The maximum atomic E-state index is 12.8. The second kappa shape index (κ2) is 8.95. The summed E-state index contributed by atoms with van der Waals surface area (Å²) in [5, 5.41) is 14.9. The molecule has 1 heterocycles. The summed E-state index contributed by atoms with van der Waals surface area (Å²) < 4.78 is 0.949. The highest BCUT2D eigenvalue weighted by atomic mass is 79.9. The van der Waals surface area contributed by atoms with Crippen LogP contribution in [0.25, 0.3) is 0 Å². The summed E-state index contributed by atoms with van der Waals surface area (Å²) in [5.41, 5.74) is 4.30. The van der Waals surface area contributed by atoms with Crippen molar-refractivity contribution in [2.24, 2.45) is 5.10 Å². The molecule has 0 unspecified atom stereocenters. The fraction of sp³-hybridized carbons (Fsp3) is 0.250. The number of carbonyl (C=O) groups is 2. The van der Waals surface area contributed by atoms with Gasteiger partial charge in [-0.05, 0) is 49.6 Å². The third-order valence-electron chi connectivity index (χ3n) is 4.74. The molecule has 1 aliphatic heterocycles. The van der Waals surface area contributed by atoms with Gasteiger partial charge in [-0.2, -0.15) is 5.10 Å². The number of benzene rings is 2. The number of nitrogens with one attached hydrogen (secondary N) is 1. The van der Waals surface area contributed by atoms with Gasteiger partial charge in [-0.25, -0.2) is 5.43 Å². The van der Waals surface area contributed by atoms with E-state index in [4.69, 9.17) is 0 Å². The Morgan fingerprint density at radius 3 is 2.38 bits per heavy atom. The zero-order valence-corrected chi connectivity index (χ0v) is 17.3. The molecule has 0 radical (unpaired) electrons. The molecule has 2 aromatic rings. The quantitative estimate of drug-likeness (QED) is 0.420. The minimum absolute atomic E-state index is 0.0879. The SMILES string of the molecule is CC(=NNC(=O)[C@H]1CCCN1C(=O)c1ccc([N+](=O)[O-])cc1)c1ccc(Br)cc1. The normalized spacial score (nSPS) is 16.6.